The zero-order chi connectivity index (χ0) is 30.0. The zero-order valence-corrected chi connectivity index (χ0v) is 22.6. The van der Waals surface area contributed by atoms with Crippen molar-refractivity contribution >= 4 is 6.09 Å². The van der Waals surface area contributed by atoms with Gasteiger partial charge in [0.1, 0.15) is 17.4 Å². The summed E-state index contributed by atoms with van der Waals surface area (Å²) in [5, 5.41) is 3.84. The van der Waals surface area contributed by atoms with Crippen molar-refractivity contribution in [3.8, 4) is 17.1 Å². The number of carbonyl (C=O) groups is 1. The number of amides is 1. The molecule has 2 aromatic carbocycles. The van der Waals surface area contributed by atoms with Crippen LogP contribution in [-0.4, -0.2) is 39.9 Å². The molecule has 0 N–H and O–H groups in total. The summed E-state index contributed by atoms with van der Waals surface area (Å²) in [7, 11) is 0. The average molecular weight is 586 g/mol. The molecule has 2 heterocycles. The molecule has 4 rings (SSSR count). The van der Waals surface area contributed by atoms with Gasteiger partial charge in [0.05, 0.1) is 17.7 Å². The van der Waals surface area contributed by atoms with Gasteiger partial charge in [0.15, 0.2) is 0 Å². The van der Waals surface area contributed by atoms with Gasteiger partial charge in [-0.05, 0) is 82.3 Å². The van der Waals surface area contributed by atoms with Crippen molar-refractivity contribution in [2.24, 2.45) is 0 Å². The number of carbonyl (C=O) groups excluding carboxylic acids is 1. The van der Waals surface area contributed by atoms with Gasteiger partial charge in [-0.1, -0.05) is 17.3 Å². The number of hydrogen-bond donors (Lipinski definition) is 0. The average Bonchev–Trinajstić information content (AvgIpc) is 3.55. The van der Waals surface area contributed by atoms with Crippen LogP contribution in [0.1, 0.15) is 68.7 Å². The first-order chi connectivity index (χ1) is 19.1. The largest absolute Gasteiger partial charge is 0.493 e. The van der Waals surface area contributed by atoms with E-state index in [2.05, 4.69) is 10.1 Å². The van der Waals surface area contributed by atoms with Crippen molar-refractivity contribution in [3.05, 3.63) is 65.0 Å². The molecular formula is C28H29F6N3O4. The van der Waals surface area contributed by atoms with E-state index in [0.717, 1.165) is 24.3 Å². The Kier molecular flexibility index (Phi) is 8.55. The molecule has 0 spiro atoms. The van der Waals surface area contributed by atoms with Crippen molar-refractivity contribution < 1.29 is 45.1 Å². The predicted molar refractivity (Wildman–Crippen MR) is 135 cm³/mol. The molecule has 0 saturated carbocycles. The molecule has 7 nitrogen and oxygen atoms in total. The summed E-state index contributed by atoms with van der Waals surface area (Å²) in [6.45, 7) is 5.56. The van der Waals surface area contributed by atoms with Crippen LogP contribution in [-0.2, 0) is 23.5 Å². The lowest BCUT2D eigenvalue weighted by Gasteiger charge is -2.26. The number of aryl methyl sites for hydroxylation is 1. The van der Waals surface area contributed by atoms with E-state index in [1.807, 2.05) is 0 Å². The first-order valence-electron chi connectivity index (χ1n) is 13.0. The Bertz CT molecular complexity index is 1350. The number of alkyl halides is 6. The summed E-state index contributed by atoms with van der Waals surface area (Å²) >= 11 is 0. The number of nitrogens with zero attached hydrogens (tertiary/aromatic N) is 3. The first kappa shape index (κ1) is 30.2. The van der Waals surface area contributed by atoms with Crippen molar-refractivity contribution in [1.82, 2.24) is 15.0 Å². The SMILES string of the molecule is CC(C)(C)OC(=O)N1CCCC1c1nc(-c2ccc(OCCCc3ccc(C(F)(F)F)cc3)c(C(F)(F)F)c2)no1. The highest BCUT2D eigenvalue weighted by Crippen LogP contribution is 2.39. The standard InChI is InChI=1S/C28H29F6N3O4/c1-26(2,3)40-25(38)37-14-4-7-21(37)24-35-23(36-41-24)18-10-13-22(20(16-18)28(32,33)34)39-15-5-6-17-8-11-19(12-9-17)27(29,30)31/h8-13,16,21H,4-7,14-15H2,1-3H3. The van der Waals surface area contributed by atoms with E-state index < -0.39 is 47.0 Å². The van der Waals surface area contributed by atoms with Gasteiger partial charge < -0.3 is 14.0 Å². The van der Waals surface area contributed by atoms with Gasteiger partial charge in [-0.25, -0.2) is 4.79 Å². The molecule has 13 heteroatoms. The van der Waals surface area contributed by atoms with E-state index in [0.29, 0.717) is 31.4 Å². The summed E-state index contributed by atoms with van der Waals surface area (Å²) in [5.74, 6) is -0.375. The normalized spacial score (nSPS) is 16.2. The summed E-state index contributed by atoms with van der Waals surface area (Å²) in [4.78, 5) is 18.3. The minimum atomic E-state index is -4.75. The summed E-state index contributed by atoms with van der Waals surface area (Å²) in [5.41, 5.74) is -1.86. The second-order valence-electron chi connectivity index (χ2n) is 10.6. The van der Waals surface area contributed by atoms with Gasteiger partial charge in [0.25, 0.3) is 0 Å². The predicted octanol–water partition coefficient (Wildman–Crippen LogP) is 7.86. The lowest BCUT2D eigenvalue weighted by atomic mass is 10.1. The fraction of sp³-hybridized carbons (Fsp3) is 0.464. The Morgan fingerprint density at radius 3 is 2.37 bits per heavy atom. The first-order valence-corrected chi connectivity index (χ1v) is 13.0. The molecule has 0 bridgehead atoms. The number of ether oxygens (including phenoxy) is 2. The fourth-order valence-electron chi connectivity index (χ4n) is 4.39. The topological polar surface area (TPSA) is 77.7 Å². The Labute approximate surface area is 232 Å². The number of benzene rings is 2. The molecule has 222 valence electrons. The summed E-state index contributed by atoms with van der Waals surface area (Å²) in [6, 6.07) is 7.42. The molecule has 0 aliphatic carbocycles. The third-order valence-corrected chi connectivity index (χ3v) is 6.30. The van der Waals surface area contributed by atoms with Crippen LogP contribution in [0.15, 0.2) is 47.0 Å². The van der Waals surface area contributed by atoms with E-state index >= 15 is 0 Å². The summed E-state index contributed by atoms with van der Waals surface area (Å²) in [6.07, 6.45) is -7.91. The lowest BCUT2D eigenvalue weighted by molar-refractivity contribution is -0.139. The molecule has 41 heavy (non-hydrogen) atoms. The maximum absolute atomic E-state index is 13.9. The molecule has 1 atom stereocenters. The number of hydrogen-bond acceptors (Lipinski definition) is 6. The van der Waals surface area contributed by atoms with E-state index in [-0.39, 0.29) is 30.3 Å². The maximum atomic E-state index is 13.9. The minimum Gasteiger partial charge on any atom is -0.493 e. The Morgan fingerprint density at radius 2 is 1.73 bits per heavy atom. The van der Waals surface area contributed by atoms with Crippen LogP contribution in [0.5, 0.6) is 5.75 Å². The molecule has 1 unspecified atom stereocenters. The number of halogens is 6. The van der Waals surface area contributed by atoms with Gasteiger partial charge in [-0.2, -0.15) is 31.3 Å². The second-order valence-corrected chi connectivity index (χ2v) is 10.6. The smallest absolute Gasteiger partial charge is 0.419 e. The van der Waals surface area contributed by atoms with Crippen molar-refractivity contribution in [2.75, 3.05) is 13.2 Å². The Balaban J connectivity index is 1.43. The highest BCUT2D eigenvalue weighted by molar-refractivity contribution is 5.69. The van der Waals surface area contributed by atoms with Gasteiger partial charge in [0.2, 0.25) is 11.7 Å². The fourth-order valence-corrected chi connectivity index (χ4v) is 4.39. The molecule has 1 amide bonds. The quantitative estimate of drug-likeness (QED) is 0.208. The van der Waals surface area contributed by atoms with Gasteiger partial charge >= 0.3 is 18.4 Å². The lowest BCUT2D eigenvalue weighted by Crippen LogP contribution is -2.36. The highest BCUT2D eigenvalue weighted by Gasteiger charge is 2.38. The Hall–Kier alpha value is -3.77. The number of aromatic nitrogens is 2. The van der Waals surface area contributed by atoms with Crippen LogP contribution in [0.3, 0.4) is 0 Å². The van der Waals surface area contributed by atoms with E-state index in [1.54, 1.807) is 20.8 Å². The van der Waals surface area contributed by atoms with Crippen LogP contribution in [0.2, 0.25) is 0 Å². The highest BCUT2D eigenvalue weighted by atomic mass is 19.4. The van der Waals surface area contributed by atoms with Crippen LogP contribution in [0, 0.1) is 0 Å². The van der Waals surface area contributed by atoms with Gasteiger partial charge in [-0.3, -0.25) is 4.90 Å². The molecule has 1 saturated heterocycles. The van der Waals surface area contributed by atoms with Crippen molar-refractivity contribution in [3.63, 3.8) is 0 Å². The maximum Gasteiger partial charge on any atom is 0.419 e. The molecular weight excluding hydrogens is 556 g/mol. The second kappa shape index (κ2) is 11.6. The minimum absolute atomic E-state index is 0.0474. The van der Waals surface area contributed by atoms with Crippen molar-refractivity contribution in [2.45, 2.75) is 70.4 Å². The van der Waals surface area contributed by atoms with Crippen LogP contribution < -0.4 is 4.74 Å². The van der Waals surface area contributed by atoms with E-state index in [1.165, 1.54) is 23.1 Å². The van der Waals surface area contributed by atoms with Crippen LogP contribution in [0.4, 0.5) is 31.1 Å². The summed E-state index contributed by atoms with van der Waals surface area (Å²) < 4.78 is 95.9. The third kappa shape index (κ3) is 7.70. The molecule has 3 aromatic rings. The zero-order valence-electron chi connectivity index (χ0n) is 22.6. The Morgan fingerprint density at radius 1 is 1.02 bits per heavy atom. The van der Waals surface area contributed by atoms with Gasteiger partial charge in [0, 0.05) is 12.1 Å². The number of likely N-dealkylation sites (tertiary alicyclic amines) is 1. The molecule has 1 fully saturated rings. The van der Waals surface area contributed by atoms with Crippen molar-refractivity contribution in [1.29, 1.82) is 0 Å². The number of rotatable bonds is 7. The van der Waals surface area contributed by atoms with E-state index in [4.69, 9.17) is 14.0 Å². The molecule has 1 aromatic heterocycles. The van der Waals surface area contributed by atoms with Crippen LogP contribution in [0.25, 0.3) is 11.4 Å². The molecule has 1 aliphatic heterocycles. The third-order valence-electron chi connectivity index (χ3n) is 6.30. The molecule has 1 aliphatic rings. The van der Waals surface area contributed by atoms with Crippen LogP contribution >= 0.6 is 0 Å². The van der Waals surface area contributed by atoms with E-state index in [9.17, 15) is 31.1 Å². The monoisotopic (exact) mass is 585 g/mol. The van der Waals surface area contributed by atoms with Gasteiger partial charge in [-0.15, -0.1) is 0 Å². The molecule has 0 radical (unpaired) electrons.